The highest BCUT2D eigenvalue weighted by molar-refractivity contribution is 7.89. The van der Waals surface area contributed by atoms with Crippen LogP contribution in [0.25, 0.3) is 17.4 Å². The van der Waals surface area contributed by atoms with Crippen LogP contribution in [0.1, 0.15) is 37.0 Å². The maximum atomic E-state index is 12.7. The molecule has 1 fully saturated rings. The number of aliphatic hydroxyl groups excluding tert-OH is 1. The first kappa shape index (κ1) is 26.3. The van der Waals surface area contributed by atoms with E-state index in [2.05, 4.69) is 10.0 Å². The number of hydrogen-bond acceptors (Lipinski definition) is 7. The third-order valence-electron chi connectivity index (χ3n) is 6.15. The van der Waals surface area contributed by atoms with Crippen molar-refractivity contribution in [2.24, 2.45) is 0 Å². The van der Waals surface area contributed by atoms with E-state index in [4.69, 9.17) is 4.42 Å². The number of benzene rings is 2. The summed E-state index contributed by atoms with van der Waals surface area (Å²) < 4.78 is 33.9. The van der Waals surface area contributed by atoms with Crippen LogP contribution in [-0.2, 0) is 14.8 Å². The number of furan rings is 1. The van der Waals surface area contributed by atoms with E-state index >= 15 is 0 Å². The van der Waals surface area contributed by atoms with Gasteiger partial charge >= 0.3 is 0 Å². The number of aryl methyl sites for hydroxylation is 1. The third kappa shape index (κ3) is 6.70. The lowest BCUT2D eigenvalue weighted by atomic mass is 9.94. The van der Waals surface area contributed by atoms with Gasteiger partial charge < -0.3 is 14.8 Å². The normalized spacial score (nSPS) is 18.1. The molecule has 0 bridgehead atoms. The number of rotatable bonds is 8. The van der Waals surface area contributed by atoms with Gasteiger partial charge in [0.2, 0.25) is 15.9 Å². The fourth-order valence-electron chi connectivity index (χ4n) is 4.16. The number of amides is 1. The Morgan fingerprint density at radius 2 is 1.78 bits per heavy atom. The number of anilines is 1. The zero-order valence-corrected chi connectivity index (χ0v) is 20.9. The number of carbonyl (C=O) groups is 1. The van der Waals surface area contributed by atoms with Crippen LogP contribution in [0, 0.1) is 17.0 Å². The number of nitro benzene ring substituents is 1. The van der Waals surface area contributed by atoms with Crippen molar-refractivity contribution in [3.05, 3.63) is 82.1 Å². The Balaban J connectivity index is 1.36. The molecule has 1 aliphatic rings. The van der Waals surface area contributed by atoms with Gasteiger partial charge in [-0.2, -0.15) is 0 Å². The monoisotopic (exact) mass is 525 g/mol. The van der Waals surface area contributed by atoms with Crippen molar-refractivity contribution < 1.29 is 27.7 Å². The Labute approximate surface area is 214 Å². The van der Waals surface area contributed by atoms with E-state index in [9.17, 15) is 28.4 Å². The van der Waals surface area contributed by atoms with E-state index in [0.717, 1.165) is 0 Å². The smallest absolute Gasteiger partial charge is 0.272 e. The lowest BCUT2D eigenvalue weighted by molar-refractivity contribution is -0.385. The van der Waals surface area contributed by atoms with Crippen molar-refractivity contribution in [1.29, 1.82) is 0 Å². The predicted octanol–water partition coefficient (Wildman–Crippen LogP) is 4.40. The average Bonchev–Trinajstić information content (AvgIpc) is 3.33. The Morgan fingerprint density at radius 3 is 2.43 bits per heavy atom. The molecule has 0 radical (unpaired) electrons. The number of sulfonamides is 1. The number of hydrogen-bond donors (Lipinski definition) is 3. The highest BCUT2D eigenvalue weighted by atomic mass is 32.2. The van der Waals surface area contributed by atoms with Gasteiger partial charge in [0, 0.05) is 35.0 Å². The van der Waals surface area contributed by atoms with Crippen molar-refractivity contribution in [3.8, 4) is 11.3 Å². The molecule has 1 aromatic heterocycles. The fourth-order valence-corrected chi connectivity index (χ4v) is 5.46. The van der Waals surface area contributed by atoms with Gasteiger partial charge in [-0.1, -0.05) is 0 Å². The molecule has 10 nitrogen and oxygen atoms in total. The summed E-state index contributed by atoms with van der Waals surface area (Å²) in [4.78, 5) is 22.8. The predicted molar refractivity (Wildman–Crippen MR) is 138 cm³/mol. The topological polar surface area (TPSA) is 152 Å². The number of nitro groups is 1. The molecule has 37 heavy (non-hydrogen) atoms. The van der Waals surface area contributed by atoms with Crippen LogP contribution < -0.4 is 10.0 Å². The molecule has 0 saturated heterocycles. The number of aliphatic hydroxyl groups is 1. The van der Waals surface area contributed by atoms with Crippen LogP contribution in [0.3, 0.4) is 0 Å². The second-order valence-electron chi connectivity index (χ2n) is 8.93. The van der Waals surface area contributed by atoms with Crippen molar-refractivity contribution in [3.63, 3.8) is 0 Å². The molecular formula is C26H27N3O7S. The summed E-state index contributed by atoms with van der Waals surface area (Å²) in [6, 6.07) is 13.8. The van der Waals surface area contributed by atoms with Gasteiger partial charge in [-0.05, 0) is 87.2 Å². The number of nitrogens with one attached hydrogen (secondary N) is 2. The van der Waals surface area contributed by atoms with Gasteiger partial charge in [0.1, 0.15) is 11.5 Å². The zero-order valence-electron chi connectivity index (χ0n) is 20.1. The molecule has 3 N–H and O–H groups in total. The Kier molecular flexibility index (Phi) is 7.86. The highest BCUT2D eigenvalue weighted by Crippen LogP contribution is 2.26. The second-order valence-corrected chi connectivity index (χ2v) is 10.6. The zero-order chi connectivity index (χ0) is 26.6. The molecule has 0 atom stereocenters. The van der Waals surface area contributed by atoms with Crippen LogP contribution >= 0.6 is 0 Å². The summed E-state index contributed by atoms with van der Waals surface area (Å²) >= 11 is 0. The van der Waals surface area contributed by atoms with Gasteiger partial charge in [0.25, 0.3) is 5.69 Å². The quantitative estimate of drug-likeness (QED) is 0.224. The Bertz CT molecular complexity index is 1420. The standard InChI is InChI=1S/C26H27N3O7S/c1-17-16-20(6-13-24(17)29(32)33)27-26(31)15-10-22-9-14-25(36-22)18-2-11-23(12-3-18)37(34,35)28-19-4-7-21(30)8-5-19/h2-3,6,9-16,19,21,28,30H,4-5,7-8H2,1H3,(H,27,31)/b15-10+. The van der Waals surface area contributed by atoms with E-state index in [0.29, 0.717) is 54.0 Å². The molecule has 2 aromatic carbocycles. The summed E-state index contributed by atoms with van der Waals surface area (Å²) in [6.45, 7) is 1.59. The molecule has 4 rings (SSSR count). The lowest BCUT2D eigenvalue weighted by Gasteiger charge is -2.25. The lowest BCUT2D eigenvalue weighted by Crippen LogP contribution is -2.38. The minimum atomic E-state index is -3.68. The van der Waals surface area contributed by atoms with Crippen molar-refractivity contribution in [2.45, 2.75) is 49.6 Å². The van der Waals surface area contributed by atoms with E-state index in [1.807, 2.05) is 0 Å². The van der Waals surface area contributed by atoms with Crippen LogP contribution in [0.15, 0.2) is 70.0 Å². The largest absolute Gasteiger partial charge is 0.457 e. The molecule has 194 valence electrons. The molecular weight excluding hydrogens is 498 g/mol. The van der Waals surface area contributed by atoms with E-state index in [-0.39, 0.29) is 22.7 Å². The number of carbonyl (C=O) groups excluding carboxylic acids is 1. The highest BCUT2D eigenvalue weighted by Gasteiger charge is 2.25. The first-order chi connectivity index (χ1) is 17.6. The minimum Gasteiger partial charge on any atom is -0.457 e. The van der Waals surface area contributed by atoms with E-state index in [1.54, 1.807) is 31.2 Å². The molecule has 1 aliphatic carbocycles. The molecule has 0 unspecified atom stereocenters. The number of nitrogens with zero attached hydrogens (tertiary/aromatic N) is 1. The second kappa shape index (κ2) is 11.1. The van der Waals surface area contributed by atoms with Crippen LogP contribution in [0.2, 0.25) is 0 Å². The average molecular weight is 526 g/mol. The van der Waals surface area contributed by atoms with Gasteiger partial charge in [0.15, 0.2) is 0 Å². The molecule has 1 heterocycles. The molecule has 3 aromatic rings. The molecule has 11 heteroatoms. The van der Waals surface area contributed by atoms with Crippen LogP contribution in [0.4, 0.5) is 11.4 Å². The summed E-state index contributed by atoms with van der Waals surface area (Å²) in [5, 5.41) is 23.2. The van der Waals surface area contributed by atoms with Crippen molar-refractivity contribution in [1.82, 2.24) is 4.72 Å². The SMILES string of the molecule is Cc1cc(NC(=O)/C=C/c2ccc(-c3ccc(S(=O)(=O)NC4CCC(O)CC4)cc3)o2)ccc1[N+](=O)[O-]. The summed E-state index contributed by atoms with van der Waals surface area (Å²) in [7, 11) is -3.68. The molecule has 0 aliphatic heterocycles. The van der Waals surface area contributed by atoms with E-state index in [1.165, 1.54) is 42.5 Å². The molecule has 0 spiro atoms. The molecule has 1 amide bonds. The maximum absolute atomic E-state index is 12.7. The van der Waals surface area contributed by atoms with E-state index < -0.39 is 20.9 Å². The van der Waals surface area contributed by atoms with Gasteiger partial charge in [-0.3, -0.25) is 14.9 Å². The summed E-state index contributed by atoms with van der Waals surface area (Å²) in [5.41, 5.74) is 1.52. The molecule has 1 saturated carbocycles. The minimum absolute atomic E-state index is 0.0245. The van der Waals surface area contributed by atoms with Gasteiger partial charge in [-0.15, -0.1) is 0 Å². The third-order valence-corrected chi connectivity index (χ3v) is 7.69. The van der Waals surface area contributed by atoms with Crippen LogP contribution in [-0.4, -0.2) is 36.5 Å². The maximum Gasteiger partial charge on any atom is 0.272 e. The Hall–Kier alpha value is -3.80. The van der Waals surface area contributed by atoms with Gasteiger partial charge in [-0.25, -0.2) is 13.1 Å². The first-order valence-electron chi connectivity index (χ1n) is 11.8. The fraction of sp³-hybridized carbons (Fsp3) is 0.269. The summed E-state index contributed by atoms with van der Waals surface area (Å²) in [5.74, 6) is 0.493. The Morgan fingerprint density at radius 1 is 1.08 bits per heavy atom. The van der Waals surface area contributed by atoms with Crippen molar-refractivity contribution >= 4 is 33.4 Å². The van der Waals surface area contributed by atoms with Crippen LogP contribution in [0.5, 0.6) is 0 Å². The van der Waals surface area contributed by atoms with Crippen molar-refractivity contribution in [2.75, 3.05) is 5.32 Å². The first-order valence-corrected chi connectivity index (χ1v) is 13.2. The summed E-state index contributed by atoms with van der Waals surface area (Å²) in [6.07, 6.45) is 4.78. The van der Waals surface area contributed by atoms with Gasteiger partial charge in [0.05, 0.1) is 15.9 Å².